The Bertz CT molecular complexity index is 945. The van der Waals surface area contributed by atoms with Crippen molar-refractivity contribution in [2.45, 2.75) is 99.3 Å². The first-order chi connectivity index (χ1) is 14.0. The average molecular weight is 426 g/mol. The van der Waals surface area contributed by atoms with Crippen LogP contribution >= 0.6 is 0 Å². The highest BCUT2D eigenvalue weighted by Crippen LogP contribution is 2.21. The second-order valence-corrected chi connectivity index (χ2v) is 11.4. The molecule has 0 saturated heterocycles. The minimum Gasteiger partial charge on any atom is -0.381 e. The molecule has 0 amide bonds. The van der Waals surface area contributed by atoms with Crippen LogP contribution in [-0.2, 0) is 16.2 Å². The van der Waals surface area contributed by atoms with E-state index in [0.29, 0.717) is 0 Å². The molecule has 0 spiro atoms. The average Bonchev–Trinajstić information content (AvgIpc) is 3.26. The molecule has 0 atom stereocenters. The van der Waals surface area contributed by atoms with E-state index in [2.05, 4.69) is 67.4 Å². The topological polar surface area (TPSA) is 94.0 Å². The fraction of sp³-hybridized carbons (Fsp3) is 0.714. The zero-order chi connectivity index (χ0) is 23.5. The predicted octanol–water partition coefficient (Wildman–Crippen LogP) is 2.63. The molecule has 169 valence electrons. The van der Waals surface area contributed by atoms with Crippen molar-refractivity contribution in [3.63, 3.8) is 0 Å². The Kier molecular flexibility index (Phi) is 5.43. The predicted molar refractivity (Wildman–Crippen MR) is 121 cm³/mol. The van der Waals surface area contributed by atoms with E-state index in [4.69, 9.17) is 25.1 Å². The van der Waals surface area contributed by atoms with Crippen molar-refractivity contribution in [1.29, 1.82) is 0 Å². The van der Waals surface area contributed by atoms with Gasteiger partial charge in [0.15, 0.2) is 11.6 Å². The molecule has 0 fully saturated rings. The number of aromatic nitrogens is 9. The van der Waals surface area contributed by atoms with Crippen molar-refractivity contribution in [2.75, 3.05) is 0 Å². The molecule has 0 aliphatic carbocycles. The number of aromatic amines is 1. The van der Waals surface area contributed by atoms with Crippen molar-refractivity contribution in [3.05, 3.63) is 34.9 Å². The number of hydrogen-bond acceptors (Lipinski definition) is 5. The van der Waals surface area contributed by atoms with E-state index < -0.39 is 7.12 Å². The maximum atomic E-state index is 4.91. The van der Waals surface area contributed by atoms with Crippen LogP contribution in [0.25, 0.3) is 0 Å². The molecule has 3 aromatic heterocycles. The largest absolute Gasteiger partial charge is 0.391 e. The lowest BCUT2D eigenvalue weighted by molar-refractivity contribution is -0.614. The summed E-state index contributed by atoms with van der Waals surface area (Å²) in [4.78, 5) is 14.3. The SMILES string of the molecule is Cc1nc(C(C)(C)C)nn1[B-](n1nc(C(C)(C)C)nc1C)[n+]1[nH]c(C(C)(C)C)nc1C. The second-order valence-electron chi connectivity index (χ2n) is 11.4. The molecule has 0 bridgehead atoms. The zero-order valence-corrected chi connectivity index (χ0v) is 21.2. The Morgan fingerprint density at radius 1 is 0.677 bits per heavy atom. The van der Waals surface area contributed by atoms with E-state index in [9.17, 15) is 0 Å². The highest BCUT2D eigenvalue weighted by atomic mass is 15.5. The van der Waals surface area contributed by atoms with Crippen LogP contribution in [0, 0.1) is 20.8 Å². The molecule has 0 aliphatic rings. The molecule has 1 radical (unpaired) electrons. The molecule has 3 aromatic rings. The van der Waals surface area contributed by atoms with Gasteiger partial charge >= 0.3 is 7.12 Å². The van der Waals surface area contributed by atoms with Crippen LogP contribution in [0.1, 0.15) is 97.3 Å². The van der Waals surface area contributed by atoms with E-state index >= 15 is 0 Å². The van der Waals surface area contributed by atoms with Crippen LogP contribution in [0.2, 0.25) is 0 Å². The summed E-state index contributed by atoms with van der Waals surface area (Å²) < 4.78 is 5.82. The molecule has 3 heterocycles. The summed E-state index contributed by atoms with van der Waals surface area (Å²) in [5.41, 5.74) is -0.458. The van der Waals surface area contributed by atoms with Gasteiger partial charge in [-0.15, -0.1) is 0 Å². The van der Waals surface area contributed by atoms with Crippen molar-refractivity contribution in [3.8, 4) is 0 Å². The van der Waals surface area contributed by atoms with Gasteiger partial charge in [0.25, 0.3) is 11.6 Å². The van der Waals surface area contributed by atoms with Gasteiger partial charge in [0.05, 0.1) is 11.6 Å². The van der Waals surface area contributed by atoms with Gasteiger partial charge in [-0.1, -0.05) is 62.3 Å². The first-order valence-corrected chi connectivity index (χ1v) is 10.9. The summed E-state index contributed by atoms with van der Waals surface area (Å²) in [6, 6.07) is 0. The minimum absolute atomic E-state index is 0.122. The van der Waals surface area contributed by atoms with Gasteiger partial charge in [0, 0.05) is 23.2 Å². The quantitative estimate of drug-likeness (QED) is 0.650. The van der Waals surface area contributed by atoms with Gasteiger partial charge in [-0.3, -0.25) is 0 Å². The number of rotatable bonds is 3. The number of hydrogen-bond donors (Lipinski definition) is 1. The lowest BCUT2D eigenvalue weighted by Gasteiger charge is -2.26. The summed E-state index contributed by atoms with van der Waals surface area (Å²) in [6.07, 6.45) is 0. The normalized spacial score (nSPS) is 13.5. The molecule has 10 heteroatoms. The van der Waals surface area contributed by atoms with E-state index in [1.165, 1.54) is 0 Å². The molecule has 1 N–H and O–H groups in total. The van der Waals surface area contributed by atoms with Crippen molar-refractivity contribution < 1.29 is 4.59 Å². The molecule has 0 saturated carbocycles. The molecule has 31 heavy (non-hydrogen) atoms. The van der Waals surface area contributed by atoms with Gasteiger partial charge in [0.2, 0.25) is 0 Å². The van der Waals surface area contributed by atoms with Crippen LogP contribution in [-0.4, -0.2) is 46.6 Å². The molecule has 0 unspecified atom stereocenters. The van der Waals surface area contributed by atoms with E-state index in [1.807, 2.05) is 34.5 Å². The summed E-state index contributed by atoms with van der Waals surface area (Å²) in [5, 5.41) is 13.3. The highest BCUT2D eigenvalue weighted by molar-refractivity contribution is 6.45. The molecule has 3 rings (SSSR count). The van der Waals surface area contributed by atoms with Gasteiger partial charge in [0.1, 0.15) is 0 Å². The van der Waals surface area contributed by atoms with E-state index in [-0.39, 0.29) is 16.2 Å². The Hall–Kier alpha value is -2.52. The Balaban J connectivity index is 2.28. The Morgan fingerprint density at radius 2 is 1.10 bits per heavy atom. The van der Waals surface area contributed by atoms with Crippen LogP contribution in [0.15, 0.2) is 0 Å². The van der Waals surface area contributed by atoms with Gasteiger partial charge in [-0.25, -0.2) is 15.1 Å². The smallest absolute Gasteiger partial charge is 0.381 e. The zero-order valence-electron chi connectivity index (χ0n) is 21.2. The third kappa shape index (κ3) is 4.43. The molecule has 9 nitrogen and oxygen atoms in total. The maximum Gasteiger partial charge on any atom is 0.391 e. The monoisotopic (exact) mass is 426 g/mol. The van der Waals surface area contributed by atoms with Crippen molar-refractivity contribution >= 4 is 7.12 Å². The molecule has 0 aromatic carbocycles. The van der Waals surface area contributed by atoms with Gasteiger partial charge in [-0.05, 0) is 18.8 Å². The molecular formula is C21H37BN9. The molecular weight excluding hydrogens is 389 g/mol. The fourth-order valence-corrected chi connectivity index (χ4v) is 3.19. The van der Waals surface area contributed by atoms with Crippen molar-refractivity contribution in [2.24, 2.45) is 0 Å². The van der Waals surface area contributed by atoms with E-state index in [0.717, 1.165) is 34.9 Å². The van der Waals surface area contributed by atoms with Crippen molar-refractivity contribution in [1.82, 2.24) is 39.4 Å². The van der Waals surface area contributed by atoms with Crippen LogP contribution in [0.4, 0.5) is 0 Å². The standard InChI is InChI=1S/C21H37BN9/c1-13-23-16(19(4,5)6)26-29(13)22(30-14(2)24-17(27-30)20(7,8)9)31-15(3)25-18(28-31)21(10,11)12/h1-12H3,(H,23,26). The lowest BCUT2D eigenvalue weighted by atomic mass is 9.93. The Morgan fingerprint density at radius 3 is 1.39 bits per heavy atom. The third-order valence-corrected chi connectivity index (χ3v) is 5.17. The van der Waals surface area contributed by atoms with Gasteiger partial charge in [-0.2, -0.15) is 10.2 Å². The maximum absolute atomic E-state index is 4.91. The number of nitrogens with one attached hydrogen (secondary N) is 1. The van der Waals surface area contributed by atoms with Gasteiger partial charge < -0.3 is 13.8 Å². The van der Waals surface area contributed by atoms with Crippen LogP contribution in [0.5, 0.6) is 0 Å². The first-order valence-electron chi connectivity index (χ1n) is 10.9. The summed E-state index contributed by atoms with van der Waals surface area (Å²) in [7, 11) is -0.434. The molecule has 0 aliphatic heterocycles. The Labute approximate surface area is 185 Å². The number of nitrogens with zero attached hydrogens (tertiary/aromatic N) is 8. The second kappa shape index (κ2) is 7.27. The summed E-state index contributed by atoms with van der Waals surface area (Å²) >= 11 is 0. The van der Waals surface area contributed by atoms with Crippen LogP contribution < -0.4 is 4.59 Å². The third-order valence-electron chi connectivity index (χ3n) is 5.17. The fourth-order valence-electron chi connectivity index (χ4n) is 3.19. The van der Waals surface area contributed by atoms with Crippen LogP contribution in [0.3, 0.4) is 0 Å². The first kappa shape index (κ1) is 23.2. The highest BCUT2D eigenvalue weighted by Gasteiger charge is 2.32. The number of aryl methyl sites for hydroxylation is 3. The number of H-pyrrole nitrogens is 1. The van der Waals surface area contributed by atoms with E-state index in [1.54, 1.807) is 0 Å². The minimum atomic E-state index is -0.434. The summed E-state index contributed by atoms with van der Waals surface area (Å²) in [5.74, 6) is 4.93. The lowest BCUT2D eigenvalue weighted by Crippen LogP contribution is -2.65. The summed E-state index contributed by atoms with van der Waals surface area (Å²) in [6.45, 7) is 25.1.